The van der Waals surface area contributed by atoms with Crippen molar-refractivity contribution in [2.45, 2.75) is 27.7 Å². The van der Waals surface area contributed by atoms with Gasteiger partial charge in [0.15, 0.2) is 0 Å². The molecule has 0 aliphatic heterocycles. The quantitative estimate of drug-likeness (QED) is 0.790. The minimum absolute atomic E-state index is 0.00228. The second-order valence-electron chi connectivity index (χ2n) is 5.24. The Balaban J connectivity index is 2.66. The molecule has 1 rings (SSSR count). The summed E-state index contributed by atoms with van der Waals surface area (Å²) in [5.41, 5.74) is 0. The van der Waals surface area contributed by atoms with Gasteiger partial charge in [-0.2, -0.15) is 0 Å². The van der Waals surface area contributed by atoms with Crippen LogP contribution in [0.3, 0.4) is 0 Å². The van der Waals surface area contributed by atoms with E-state index in [1.54, 1.807) is 0 Å². The van der Waals surface area contributed by atoms with Gasteiger partial charge >= 0.3 is 0 Å². The third-order valence-electron chi connectivity index (χ3n) is 2.66. The summed E-state index contributed by atoms with van der Waals surface area (Å²) in [6.45, 7) is 9.78. The number of anilines is 2. The molecule has 0 fully saturated rings. The Morgan fingerprint density at radius 2 is 2.10 bits per heavy atom. The van der Waals surface area contributed by atoms with Crippen LogP contribution in [0.2, 0.25) is 0 Å². The van der Waals surface area contributed by atoms with Crippen molar-refractivity contribution in [3.05, 3.63) is 11.9 Å². The smallest absolute Gasteiger partial charge is 0.239 e. The zero-order chi connectivity index (χ0) is 15.1. The van der Waals surface area contributed by atoms with E-state index in [-0.39, 0.29) is 12.5 Å². The Morgan fingerprint density at radius 3 is 2.70 bits per heavy atom. The van der Waals surface area contributed by atoms with E-state index in [0.29, 0.717) is 18.3 Å². The summed E-state index contributed by atoms with van der Waals surface area (Å²) in [4.78, 5) is 22.3. The highest BCUT2D eigenvalue weighted by atomic mass is 16.2. The molecule has 20 heavy (non-hydrogen) atoms. The van der Waals surface area contributed by atoms with Gasteiger partial charge in [-0.05, 0) is 19.8 Å². The highest BCUT2D eigenvalue weighted by Crippen LogP contribution is 2.14. The molecule has 6 nitrogen and oxygen atoms in total. The van der Waals surface area contributed by atoms with Gasteiger partial charge in [0.05, 0.1) is 6.54 Å². The first-order valence-electron chi connectivity index (χ1n) is 6.99. The van der Waals surface area contributed by atoms with E-state index in [9.17, 15) is 4.79 Å². The van der Waals surface area contributed by atoms with Gasteiger partial charge in [-0.1, -0.05) is 13.8 Å². The topological polar surface area (TPSA) is 70.2 Å². The lowest BCUT2D eigenvalue weighted by atomic mass is 10.2. The van der Waals surface area contributed by atoms with Crippen LogP contribution in [-0.2, 0) is 4.79 Å². The second-order valence-corrected chi connectivity index (χ2v) is 5.24. The van der Waals surface area contributed by atoms with Crippen LogP contribution in [0.1, 0.15) is 26.6 Å². The fraction of sp³-hybridized carbons (Fsp3) is 0.643. The molecule has 2 N–H and O–H groups in total. The summed E-state index contributed by atoms with van der Waals surface area (Å²) in [5.74, 6) is 2.67. The van der Waals surface area contributed by atoms with Crippen molar-refractivity contribution in [3.8, 4) is 0 Å². The molecule has 0 aliphatic carbocycles. The van der Waals surface area contributed by atoms with E-state index in [1.807, 2.05) is 31.9 Å². The molecule has 0 atom stereocenters. The van der Waals surface area contributed by atoms with Crippen molar-refractivity contribution in [2.75, 3.05) is 36.9 Å². The zero-order valence-corrected chi connectivity index (χ0v) is 13.0. The lowest BCUT2D eigenvalue weighted by Gasteiger charge is -2.19. The third-order valence-corrected chi connectivity index (χ3v) is 2.66. The molecular weight excluding hydrogens is 254 g/mol. The largest absolute Gasteiger partial charge is 0.370 e. The maximum absolute atomic E-state index is 11.8. The van der Waals surface area contributed by atoms with E-state index >= 15 is 0 Å². The normalized spacial score (nSPS) is 10.5. The van der Waals surface area contributed by atoms with E-state index in [2.05, 4.69) is 34.4 Å². The Hall–Kier alpha value is -1.85. The van der Waals surface area contributed by atoms with Gasteiger partial charge in [-0.15, -0.1) is 0 Å². The van der Waals surface area contributed by atoms with Gasteiger partial charge in [-0.3, -0.25) is 4.79 Å². The zero-order valence-electron chi connectivity index (χ0n) is 13.0. The first kappa shape index (κ1) is 16.2. The summed E-state index contributed by atoms with van der Waals surface area (Å²) in [5, 5.41) is 6.06. The fourth-order valence-corrected chi connectivity index (χ4v) is 1.69. The maximum atomic E-state index is 11.8. The molecule has 1 aromatic rings. The number of nitrogens with one attached hydrogen (secondary N) is 2. The monoisotopic (exact) mass is 279 g/mol. The highest BCUT2D eigenvalue weighted by Gasteiger charge is 2.10. The minimum Gasteiger partial charge on any atom is -0.370 e. The van der Waals surface area contributed by atoms with Crippen molar-refractivity contribution in [2.24, 2.45) is 5.92 Å². The number of hydrogen-bond donors (Lipinski definition) is 2. The molecular formula is C14H25N5O. The Kier molecular flexibility index (Phi) is 6.21. The SMILES string of the molecule is CCNc1cc(N(C)CC(=O)NCC(C)C)nc(C)n1. The van der Waals surface area contributed by atoms with Gasteiger partial charge in [0.2, 0.25) is 5.91 Å². The van der Waals surface area contributed by atoms with E-state index < -0.39 is 0 Å². The molecule has 112 valence electrons. The van der Waals surface area contributed by atoms with Gasteiger partial charge in [0.25, 0.3) is 0 Å². The number of carbonyl (C=O) groups is 1. The molecule has 0 aliphatic rings. The predicted molar refractivity (Wildman–Crippen MR) is 82.1 cm³/mol. The molecule has 1 aromatic heterocycles. The summed E-state index contributed by atoms with van der Waals surface area (Å²) < 4.78 is 0. The van der Waals surface area contributed by atoms with Crippen LogP contribution in [0.15, 0.2) is 6.07 Å². The number of likely N-dealkylation sites (N-methyl/N-ethyl adjacent to an activating group) is 1. The molecule has 0 aromatic carbocycles. The number of amides is 1. The molecule has 1 amide bonds. The van der Waals surface area contributed by atoms with Crippen molar-refractivity contribution in [1.29, 1.82) is 0 Å². The van der Waals surface area contributed by atoms with Gasteiger partial charge < -0.3 is 15.5 Å². The van der Waals surface area contributed by atoms with Crippen LogP contribution < -0.4 is 15.5 Å². The number of hydrogen-bond acceptors (Lipinski definition) is 5. The van der Waals surface area contributed by atoms with Crippen molar-refractivity contribution >= 4 is 17.5 Å². The number of aryl methyl sites for hydroxylation is 1. The van der Waals surface area contributed by atoms with E-state index in [1.165, 1.54) is 0 Å². The molecule has 0 radical (unpaired) electrons. The van der Waals surface area contributed by atoms with Crippen LogP contribution in [0.4, 0.5) is 11.6 Å². The molecule has 1 heterocycles. The molecule has 0 saturated heterocycles. The average Bonchev–Trinajstić information content (AvgIpc) is 2.36. The predicted octanol–water partition coefficient (Wildman–Crippen LogP) is 1.43. The first-order valence-corrected chi connectivity index (χ1v) is 6.99. The van der Waals surface area contributed by atoms with Crippen molar-refractivity contribution < 1.29 is 4.79 Å². The van der Waals surface area contributed by atoms with Crippen LogP contribution in [-0.4, -0.2) is 42.6 Å². The lowest BCUT2D eigenvalue weighted by Crippen LogP contribution is -2.37. The Bertz CT molecular complexity index is 447. The lowest BCUT2D eigenvalue weighted by molar-refractivity contribution is -0.119. The number of rotatable bonds is 7. The minimum atomic E-state index is 0.00228. The molecule has 0 unspecified atom stereocenters. The third kappa shape index (κ3) is 5.42. The van der Waals surface area contributed by atoms with Crippen LogP contribution in [0.5, 0.6) is 0 Å². The molecule has 0 spiro atoms. The average molecular weight is 279 g/mol. The van der Waals surface area contributed by atoms with Crippen LogP contribution in [0, 0.1) is 12.8 Å². The maximum Gasteiger partial charge on any atom is 0.239 e. The molecule has 0 saturated carbocycles. The fourth-order valence-electron chi connectivity index (χ4n) is 1.69. The van der Waals surface area contributed by atoms with Gasteiger partial charge in [-0.25, -0.2) is 9.97 Å². The number of carbonyl (C=O) groups excluding carboxylic acids is 1. The summed E-state index contributed by atoms with van der Waals surface area (Å²) >= 11 is 0. The molecule has 6 heteroatoms. The first-order chi connectivity index (χ1) is 9.42. The van der Waals surface area contributed by atoms with E-state index in [0.717, 1.165) is 18.2 Å². The summed E-state index contributed by atoms with van der Waals surface area (Å²) in [6, 6.07) is 1.85. The van der Waals surface area contributed by atoms with Gasteiger partial charge in [0, 0.05) is 26.2 Å². The van der Waals surface area contributed by atoms with Crippen LogP contribution >= 0.6 is 0 Å². The highest BCUT2D eigenvalue weighted by molar-refractivity contribution is 5.81. The van der Waals surface area contributed by atoms with Crippen molar-refractivity contribution in [1.82, 2.24) is 15.3 Å². The van der Waals surface area contributed by atoms with Crippen molar-refractivity contribution in [3.63, 3.8) is 0 Å². The van der Waals surface area contributed by atoms with Gasteiger partial charge in [0.1, 0.15) is 17.5 Å². The van der Waals surface area contributed by atoms with E-state index in [4.69, 9.17) is 0 Å². The summed E-state index contributed by atoms with van der Waals surface area (Å²) in [6.07, 6.45) is 0. The number of aromatic nitrogens is 2. The van der Waals surface area contributed by atoms with Crippen LogP contribution in [0.25, 0.3) is 0 Å². The number of nitrogens with zero attached hydrogens (tertiary/aromatic N) is 3. The Labute approximate surface area is 121 Å². The standard InChI is InChI=1S/C14H25N5O/c1-6-15-12-7-13(18-11(4)17-12)19(5)9-14(20)16-8-10(2)3/h7,10H,6,8-9H2,1-5H3,(H,16,20)(H,15,17,18). The summed E-state index contributed by atoms with van der Waals surface area (Å²) in [7, 11) is 1.85. The second kappa shape index (κ2) is 7.67. The molecule has 0 bridgehead atoms. The Morgan fingerprint density at radius 1 is 1.40 bits per heavy atom.